The van der Waals surface area contributed by atoms with Gasteiger partial charge in [0.1, 0.15) is 0 Å². The Bertz CT molecular complexity index is 805. The monoisotopic (exact) mass is 382 g/mol. The Morgan fingerprint density at radius 3 is 2.61 bits per heavy atom. The van der Waals surface area contributed by atoms with E-state index in [9.17, 15) is 0 Å². The lowest BCUT2D eigenvalue weighted by Gasteiger charge is -2.20. The largest absolute Gasteiger partial charge is 0.369 e. The van der Waals surface area contributed by atoms with Crippen LogP contribution in [0.15, 0.2) is 29.3 Å². The van der Waals surface area contributed by atoms with Crippen molar-refractivity contribution in [1.82, 2.24) is 20.4 Å². The number of nitrogens with zero attached hydrogens (tertiary/aromatic N) is 4. The molecule has 152 valence electrons. The van der Waals surface area contributed by atoms with E-state index in [2.05, 4.69) is 72.6 Å². The number of aryl methyl sites for hydroxylation is 3. The SMILES string of the molecule is CCNC(=NCCc1c(C)nn(C)c1C)NC1CCN(c2ccc(C)cc2)C1. The van der Waals surface area contributed by atoms with Gasteiger partial charge in [0.15, 0.2) is 5.96 Å². The van der Waals surface area contributed by atoms with E-state index in [0.717, 1.165) is 50.7 Å². The number of hydrogen-bond acceptors (Lipinski definition) is 3. The number of aliphatic imine (C=N–C) groups is 1. The minimum absolute atomic E-state index is 0.418. The van der Waals surface area contributed by atoms with Crippen molar-refractivity contribution in [3.05, 3.63) is 46.8 Å². The van der Waals surface area contributed by atoms with Gasteiger partial charge in [0, 0.05) is 50.6 Å². The van der Waals surface area contributed by atoms with Gasteiger partial charge in [-0.05, 0) is 58.2 Å². The maximum absolute atomic E-state index is 4.81. The van der Waals surface area contributed by atoms with Crippen LogP contribution in [0.1, 0.15) is 35.9 Å². The third-order valence-corrected chi connectivity index (χ3v) is 5.56. The average molecular weight is 383 g/mol. The summed E-state index contributed by atoms with van der Waals surface area (Å²) >= 11 is 0. The van der Waals surface area contributed by atoms with Crippen LogP contribution in [0, 0.1) is 20.8 Å². The summed E-state index contributed by atoms with van der Waals surface area (Å²) in [6.07, 6.45) is 2.04. The van der Waals surface area contributed by atoms with E-state index in [1.165, 1.54) is 22.5 Å². The molecule has 1 aromatic heterocycles. The van der Waals surface area contributed by atoms with Crippen LogP contribution < -0.4 is 15.5 Å². The first-order valence-electron chi connectivity index (χ1n) is 10.3. The predicted molar refractivity (Wildman–Crippen MR) is 117 cm³/mol. The molecule has 1 atom stereocenters. The van der Waals surface area contributed by atoms with Gasteiger partial charge in [-0.2, -0.15) is 5.10 Å². The maximum Gasteiger partial charge on any atom is 0.191 e. The van der Waals surface area contributed by atoms with E-state index in [0.29, 0.717) is 6.04 Å². The lowest BCUT2D eigenvalue weighted by Crippen LogP contribution is -2.44. The molecule has 1 saturated heterocycles. The Labute approximate surface area is 169 Å². The van der Waals surface area contributed by atoms with Crippen molar-refractivity contribution in [2.24, 2.45) is 12.0 Å². The predicted octanol–water partition coefficient (Wildman–Crippen LogP) is 2.72. The fourth-order valence-electron chi connectivity index (χ4n) is 3.84. The quantitative estimate of drug-likeness (QED) is 0.596. The summed E-state index contributed by atoms with van der Waals surface area (Å²) in [4.78, 5) is 7.26. The molecule has 3 rings (SSSR count). The molecule has 1 unspecified atom stereocenters. The van der Waals surface area contributed by atoms with Crippen molar-refractivity contribution < 1.29 is 0 Å². The zero-order valence-corrected chi connectivity index (χ0v) is 17.9. The molecule has 6 nitrogen and oxygen atoms in total. The van der Waals surface area contributed by atoms with Gasteiger partial charge in [-0.25, -0.2) is 0 Å². The molecule has 1 aliphatic rings. The third-order valence-electron chi connectivity index (χ3n) is 5.56. The smallest absolute Gasteiger partial charge is 0.191 e. The maximum atomic E-state index is 4.81. The zero-order valence-electron chi connectivity index (χ0n) is 17.9. The van der Waals surface area contributed by atoms with E-state index < -0.39 is 0 Å². The van der Waals surface area contributed by atoms with Crippen LogP contribution in [0.2, 0.25) is 0 Å². The van der Waals surface area contributed by atoms with Gasteiger partial charge in [0.25, 0.3) is 0 Å². The van der Waals surface area contributed by atoms with Gasteiger partial charge < -0.3 is 15.5 Å². The molecule has 2 aromatic rings. The lowest BCUT2D eigenvalue weighted by molar-refractivity contribution is 0.649. The molecule has 0 amide bonds. The highest BCUT2D eigenvalue weighted by molar-refractivity contribution is 5.80. The number of nitrogens with one attached hydrogen (secondary N) is 2. The summed E-state index contributed by atoms with van der Waals surface area (Å²) in [6, 6.07) is 9.22. The number of hydrogen-bond donors (Lipinski definition) is 2. The Balaban J connectivity index is 1.57. The molecule has 0 aliphatic carbocycles. The molecular weight excluding hydrogens is 348 g/mol. The van der Waals surface area contributed by atoms with Crippen LogP contribution in [0.4, 0.5) is 5.69 Å². The molecule has 1 aliphatic heterocycles. The first-order valence-corrected chi connectivity index (χ1v) is 10.3. The second-order valence-electron chi connectivity index (χ2n) is 7.70. The normalized spacial score (nSPS) is 17.2. The summed E-state index contributed by atoms with van der Waals surface area (Å²) in [7, 11) is 2.00. The summed E-state index contributed by atoms with van der Waals surface area (Å²) in [6.45, 7) is 12.2. The lowest BCUT2D eigenvalue weighted by atomic mass is 10.1. The van der Waals surface area contributed by atoms with Crippen LogP contribution >= 0.6 is 0 Å². The van der Waals surface area contributed by atoms with Crippen molar-refractivity contribution in [3.8, 4) is 0 Å². The van der Waals surface area contributed by atoms with E-state index in [4.69, 9.17) is 4.99 Å². The van der Waals surface area contributed by atoms with Crippen molar-refractivity contribution >= 4 is 11.6 Å². The molecule has 2 heterocycles. The Morgan fingerprint density at radius 2 is 1.96 bits per heavy atom. The summed E-state index contributed by atoms with van der Waals surface area (Å²) in [5.74, 6) is 0.914. The minimum atomic E-state index is 0.418. The highest BCUT2D eigenvalue weighted by Crippen LogP contribution is 2.20. The minimum Gasteiger partial charge on any atom is -0.369 e. The van der Waals surface area contributed by atoms with E-state index in [-0.39, 0.29) is 0 Å². The molecule has 28 heavy (non-hydrogen) atoms. The zero-order chi connectivity index (χ0) is 20.1. The van der Waals surface area contributed by atoms with Gasteiger partial charge in [0.2, 0.25) is 0 Å². The number of rotatable bonds is 6. The molecular formula is C22H34N6. The summed E-state index contributed by atoms with van der Waals surface area (Å²) < 4.78 is 1.95. The van der Waals surface area contributed by atoms with E-state index >= 15 is 0 Å². The summed E-state index contributed by atoms with van der Waals surface area (Å²) in [5.41, 5.74) is 6.26. The molecule has 0 spiro atoms. The molecule has 0 bridgehead atoms. The van der Waals surface area contributed by atoms with Gasteiger partial charge in [0.05, 0.1) is 5.69 Å². The Morgan fingerprint density at radius 1 is 1.21 bits per heavy atom. The summed E-state index contributed by atoms with van der Waals surface area (Å²) in [5, 5.41) is 11.5. The first-order chi connectivity index (χ1) is 13.5. The first kappa shape index (κ1) is 20.2. The molecule has 1 fully saturated rings. The van der Waals surface area contributed by atoms with Crippen LogP contribution in [0.3, 0.4) is 0 Å². The van der Waals surface area contributed by atoms with Gasteiger partial charge in [-0.1, -0.05) is 17.7 Å². The van der Waals surface area contributed by atoms with Crippen LogP contribution in [-0.2, 0) is 13.5 Å². The molecule has 6 heteroatoms. The number of anilines is 1. The van der Waals surface area contributed by atoms with E-state index in [1.54, 1.807) is 0 Å². The van der Waals surface area contributed by atoms with Crippen molar-refractivity contribution in [2.75, 3.05) is 31.1 Å². The van der Waals surface area contributed by atoms with Crippen LogP contribution in [-0.4, -0.2) is 48.0 Å². The number of aromatic nitrogens is 2. The standard InChI is InChI=1S/C22H34N6/c1-6-23-22(24-13-11-21-17(3)26-27(5)18(21)4)25-19-12-14-28(15-19)20-9-7-16(2)8-10-20/h7-10,19H,6,11-15H2,1-5H3,(H2,23,24,25). The fourth-order valence-corrected chi connectivity index (χ4v) is 3.84. The van der Waals surface area contributed by atoms with E-state index in [1.807, 2.05) is 11.7 Å². The highest BCUT2D eigenvalue weighted by atomic mass is 15.3. The number of benzene rings is 1. The molecule has 2 N–H and O–H groups in total. The topological polar surface area (TPSA) is 57.5 Å². The van der Waals surface area contributed by atoms with Crippen molar-refractivity contribution in [1.29, 1.82) is 0 Å². The second kappa shape index (κ2) is 9.13. The Hall–Kier alpha value is -2.50. The highest BCUT2D eigenvalue weighted by Gasteiger charge is 2.23. The molecule has 0 radical (unpaired) electrons. The van der Waals surface area contributed by atoms with Gasteiger partial charge in [-0.3, -0.25) is 9.67 Å². The van der Waals surface area contributed by atoms with Crippen molar-refractivity contribution in [2.45, 2.75) is 46.6 Å². The number of guanidine groups is 1. The molecule has 0 saturated carbocycles. The van der Waals surface area contributed by atoms with Crippen LogP contribution in [0.25, 0.3) is 0 Å². The molecule has 1 aromatic carbocycles. The second-order valence-corrected chi connectivity index (χ2v) is 7.70. The van der Waals surface area contributed by atoms with Gasteiger partial charge in [-0.15, -0.1) is 0 Å². The average Bonchev–Trinajstić information content (AvgIpc) is 3.22. The van der Waals surface area contributed by atoms with Crippen molar-refractivity contribution in [3.63, 3.8) is 0 Å². The Kier molecular flexibility index (Phi) is 6.60. The van der Waals surface area contributed by atoms with Crippen LogP contribution in [0.5, 0.6) is 0 Å². The fraction of sp³-hybridized carbons (Fsp3) is 0.545. The van der Waals surface area contributed by atoms with Gasteiger partial charge >= 0.3 is 0 Å². The third kappa shape index (κ3) is 4.86.